The number of hydrogen-bond donors (Lipinski definition) is 4. The summed E-state index contributed by atoms with van der Waals surface area (Å²) in [6, 6.07) is 0. The molecule has 0 radical (unpaired) electrons. The second-order valence-corrected chi connectivity index (χ2v) is 28.5. The molecule has 6 fully saturated rings. The Labute approximate surface area is 528 Å². The number of halogens is 1. The van der Waals surface area contributed by atoms with Gasteiger partial charge in [-0.15, -0.1) is 0 Å². The minimum atomic E-state index is -3.25. The van der Waals surface area contributed by atoms with Crippen LogP contribution >= 0.6 is 10.7 Å². The van der Waals surface area contributed by atoms with Crippen molar-refractivity contribution in [2.45, 2.75) is 248 Å². The molecule has 24 heteroatoms. The van der Waals surface area contributed by atoms with Crippen molar-refractivity contribution in [1.82, 2.24) is 0 Å². The average molecular weight is 1310 g/mol. The van der Waals surface area contributed by atoms with Crippen molar-refractivity contribution in [3.05, 3.63) is 0 Å². The summed E-state index contributed by atoms with van der Waals surface area (Å²) in [5.41, 5.74) is 0. The van der Waals surface area contributed by atoms with Gasteiger partial charge in [0.2, 0.25) is 9.05 Å². The zero-order valence-corrected chi connectivity index (χ0v) is 58.2. The summed E-state index contributed by atoms with van der Waals surface area (Å²) in [6.45, 7) is 20.9. The maximum Gasteiger partial charge on any atom is 0.320 e. The third-order valence-corrected chi connectivity index (χ3v) is 16.0. The third-order valence-electron chi connectivity index (χ3n) is 15.4. The largest absolute Gasteiger partial charge is 0.481 e. The smallest absolute Gasteiger partial charge is 0.320 e. The van der Waals surface area contributed by atoms with Crippen LogP contribution in [0.15, 0.2) is 0 Å². The van der Waals surface area contributed by atoms with E-state index in [9.17, 15) is 55.2 Å². The summed E-state index contributed by atoms with van der Waals surface area (Å²) >= 11 is 0. The average Bonchev–Trinajstić information content (AvgIpc) is 3.64. The lowest BCUT2D eigenvalue weighted by Gasteiger charge is -2.30. The van der Waals surface area contributed by atoms with E-state index in [0.29, 0.717) is 41.8 Å². The molecular weight excluding hydrogens is 1190 g/mol. The van der Waals surface area contributed by atoms with Crippen LogP contribution in [0.4, 0.5) is 0 Å². The molecule has 0 amide bonds. The minimum absolute atomic E-state index is 0.0127. The van der Waals surface area contributed by atoms with Gasteiger partial charge in [-0.3, -0.25) is 42.5 Å². The molecule has 6 saturated carbocycles. The first-order valence-corrected chi connectivity index (χ1v) is 36.0. The number of methoxy groups -OCH3 is 4. The molecule has 0 aromatic rings. The van der Waals surface area contributed by atoms with E-state index in [4.69, 9.17) is 24.6 Å². The molecule has 21 nitrogen and oxygen atoms in total. The van der Waals surface area contributed by atoms with Gasteiger partial charge in [0.05, 0.1) is 53.2 Å². The van der Waals surface area contributed by atoms with E-state index in [-0.39, 0.29) is 30.5 Å². The van der Waals surface area contributed by atoms with E-state index in [1.807, 2.05) is 34.6 Å². The normalized spacial score (nSPS) is 25.6. The molecule has 514 valence electrons. The van der Waals surface area contributed by atoms with E-state index >= 15 is 0 Å². The SMILES string of the molecule is CC.CC.COC(=O)C(C(=O)OC)[C@H]1CCC[C@@H](C)C1.COC(=O)CC(=O)OC.CS(=O)(=O)Cl.C[C@@H]1CCCC(=O)C1.C[C@@H]1CCC[C@@H](O)C1.C[C@@H]1CCC[C@@H](OS(C)(=O)=O)C1.C[C@@H]1CCC[C@H](C(C(=O)O)C(=O)O)C1.C[C@@H]1CCC[C@H](CC(=O)O)C1. The van der Waals surface area contributed by atoms with Crippen molar-refractivity contribution >= 4 is 77.4 Å². The number of aliphatic carboxylic acids is 3. The summed E-state index contributed by atoms with van der Waals surface area (Å²) < 4.78 is 63.0. The quantitative estimate of drug-likeness (QED) is 0.0464. The predicted octanol–water partition coefficient (Wildman–Crippen LogP) is 12.5. The third kappa shape index (κ3) is 51.5. The zero-order valence-electron chi connectivity index (χ0n) is 55.8. The van der Waals surface area contributed by atoms with E-state index in [1.54, 1.807) is 0 Å². The number of carbonyl (C=O) groups is 8. The molecule has 0 aromatic heterocycles. The molecule has 6 rings (SSSR count). The van der Waals surface area contributed by atoms with Crippen LogP contribution in [0.3, 0.4) is 0 Å². The summed E-state index contributed by atoms with van der Waals surface area (Å²) in [7, 11) is 3.11. The maximum absolute atomic E-state index is 11.6. The topological polar surface area (TPSA) is 332 Å². The number of carbonyl (C=O) groups excluding carboxylic acids is 5. The Morgan fingerprint density at radius 3 is 1.17 bits per heavy atom. The molecule has 0 saturated heterocycles. The van der Waals surface area contributed by atoms with Crippen LogP contribution in [0.25, 0.3) is 0 Å². The van der Waals surface area contributed by atoms with Gasteiger partial charge >= 0.3 is 41.8 Å². The Morgan fingerprint density at radius 1 is 0.506 bits per heavy atom. The standard InChI is InChI=1S/C12H20O4.C10H16O4.C9H16O2.C8H16O3S.C7H14O.C7H12O.C5H8O4.2C2H6.CH3ClO2S/c1-8-5-4-6-9(7-8)10(11(13)15-2)12(14)16-3;1-6-3-2-4-7(5-6)8(9(11)12)10(13)14;1-7-3-2-4-8(5-7)6-9(10)11;1-7-4-3-5-8(6-7)11-12(2,9)10;2*1-6-3-2-4-7(8)5-6;1-8-4(6)3-5(7)9-2;2*1-2;1-5(2,3)4/h8-10H,4-7H2,1-3H3;6-8H,2-5H2,1H3,(H,11,12)(H,13,14);7-8H,2-6H2,1H3,(H,10,11);7-8H,3-6H2,1-2H3;6-8H,2-5H2,1H3;6H,2-5H2,1H3;3H2,1-2H3;2*1-2H3;1H3/t8-,9+;6-,7+;7-,8+;7-,8-;6-,7-;6-;;;;/m111111..../s1. The summed E-state index contributed by atoms with van der Waals surface area (Å²) in [6.07, 6.45) is 27.0. The molecule has 0 aliphatic heterocycles. The number of aliphatic hydroxyl groups is 1. The Balaban J connectivity index is -0.000000456. The summed E-state index contributed by atoms with van der Waals surface area (Å²) in [4.78, 5) is 86.3. The van der Waals surface area contributed by atoms with Gasteiger partial charge in [-0.2, -0.15) is 8.42 Å². The number of carboxylic acid groups (broad SMARTS) is 3. The van der Waals surface area contributed by atoms with Gasteiger partial charge in [0, 0.05) is 29.9 Å². The fourth-order valence-corrected chi connectivity index (χ4v) is 12.1. The number of ketones is 1. The van der Waals surface area contributed by atoms with Gasteiger partial charge < -0.3 is 39.4 Å². The molecule has 0 bridgehead atoms. The molecule has 4 N–H and O–H groups in total. The van der Waals surface area contributed by atoms with E-state index in [0.717, 1.165) is 134 Å². The molecule has 11 atom stereocenters. The lowest BCUT2D eigenvalue weighted by molar-refractivity contribution is -0.163. The van der Waals surface area contributed by atoms with Crippen LogP contribution in [0, 0.1) is 65.1 Å². The van der Waals surface area contributed by atoms with E-state index in [1.165, 1.54) is 73.4 Å². The van der Waals surface area contributed by atoms with Crippen molar-refractivity contribution in [1.29, 1.82) is 0 Å². The number of hydrogen-bond acceptors (Lipinski definition) is 18. The van der Waals surface area contributed by atoms with Gasteiger partial charge in [-0.05, 0) is 130 Å². The first kappa shape index (κ1) is 89.5. The monoisotopic (exact) mass is 1310 g/mol. The van der Waals surface area contributed by atoms with Crippen LogP contribution in [-0.2, 0) is 80.7 Å². The number of carboxylic acids is 3. The van der Waals surface area contributed by atoms with Crippen molar-refractivity contribution in [2.24, 2.45) is 65.1 Å². The fourth-order valence-electron chi connectivity index (χ4n) is 11.4. The molecular formula is C63H117ClO21S2. The maximum atomic E-state index is 11.6. The highest BCUT2D eigenvalue weighted by Crippen LogP contribution is 2.36. The minimum Gasteiger partial charge on any atom is -0.481 e. The number of Topliss-reactive ketones (excluding diaryl/α,β-unsaturated/α-hetero) is 1. The molecule has 0 unspecified atom stereocenters. The number of aliphatic hydroxyl groups excluding tert-OH is 1. The Kier molecular flexibility index (Phi) is 53.3. The van der Waals surface area contributed by atoms with E-state index in [2.05, 4.69) is 64.2 Å². The summed E-state index contributed by atoms with van der Waals surface area (Å²) in [5, 5.41) is 35.2. The molecule has 6 aliphatic rings. The van der Waals surface area contributed by atoms with Gasteiger partial charge in [0.15, 0.2) is 11.8 Å². The van der Waals surface area contributed by atoms with Crippen LogP contribution in [0.2, 0.25) is 0 Å². The Bertz CT molecular complexity index is 2080. The highest BCUT2D eigenvalue weighted by Gasteiger charge is 2.39. The highest BCUT2D eigenvalue weighted by atomic mass is 35.7. The van der Waals surface area contributed by atoms with Crippen molar-refractivity contribution < 1.29 is 98.7 Å². The van der Waals surface area contributed by atoms with Crippen molar-refractivity contribution in [3.8, 4) is 0 Å². The number of ether oxygens (including phenoxy) is 4. The van der Waals surface area contributed by atoms with Crippen LogP contribution in [0.5, 0.6) is 0 Å². The zero-order chi connectivity index (χ0) is 68.0. The molecule has 0 aromatic carbocycles. The first-order valence-electron chi connectivity index (χ1n) is 31.5. The Morgan fingerprint density at radius 2 is 0.874 bits per heavy atom. The van der Waals surface area contributed by atoms with Crippen LogP contribution in [-0.4, -0.2) is 138 Å². The predicted molar refractivity (Wildman–Crippen MR) is 338 cm³/mol. The molecule has 87 heavy (non-hydrogen) atoms. The van der Waals surface area contributed by atoms with Crippen LogP contribution in [0.1, 0.15) is 236 Å². The van der Waals surface area contributed by atoms with Gasteiger partial charge in [0.25, 0.3) is 10.1 Å². The number of esters is 4. The van der Waals surface area contributed by atoms with Gasteiger partial charge in [-0.25, -0.2) is 8.42 Å². The second-order valence-electron chi connectivity index (χ2n) is 23.8. The highest BCUT2D eigenvalue weighted by molar-refractivity contribution is 8.13. The Hall–Kier alpha value is -3.93. The van der Waals surface area contributed by atoms with Gasteiger partial charge in [-0.1, -0.05) is 133 Å². The lowest BCUT2D eigenvalue weighted by Crippen LogP contribution is -2.35. The molecule has 6 aliphatic carbocycles. The lowest BCUT2D eigenvalue weighted by atomic mass is 9.75. The van der Waals surface area contributed by atoms with E-state index < -0.39 is 72.8 Å². The fraction of sp³-hybridized carbons (Fsp3) is 0.873. The summed E-state index contributed by atoms with van der Waals surface area (Å²) in [5.74, 6) is -2.48. The second kappa shape index (κ2) is 51.8. The van der Waals surface area contributed by atoms with Gasteiger partial charge in [0.1, 0.15) is 12.2 Å². The first-order chi connectivity index (χ1) is 40.5. The number of rotatable bonds is 12. The molecule has 0 heterocycles. The van der Waals surface area contributed by atoms with Crippen LogP contribution < -0.4 is 0 Å². The molecule has 0 spiro atoms. The van der Waals surface area contributed by atoms with Crippen molar-refractivity contribution in [2.75, 3.05) is 41.0 Å². The van der Waals surface area contributed by atoms with Crippen molar-refractivity contribution in [3.63, 3.8) is 0 Å².